The van der Waals surface area contributed by atoms with Crippen molar-refractivity contribution >= 4 is 11.9 Å². The number of benzene rings is 4. The van der Waals surface area contributed by atoms with E-state index in [1.807, 2.05) is 134 Å². The average Bonchev–Trinajstić information content (AvgIpc) is 3.24. The molecule has 4 aromatic rings. The molecule has 0 N–H and O–H groups in total. The summed E-state index contributed by atoms with van der Waals surface area (Å²) in [6, 6.07) is 39.5. The number of hydrogen-bond donors (Lipinski definition) is 0. The highest BCUT2D eigenvalue weighted by Gasteiger charge is 2.54. The van der Waals surface area contributed by atoms with Crippen LogP contribution < -0.4 is 0 Å². The van der Waals surface area contributed by atoms with Gasteiger partial charge in [0.25, 0.3) is 0 Å². The monoisotopic (exact) mass is 794 g/mol. The lowest BCUT2D eigenvalue weighted by Crippen LogP contribution is -2.65. The molecule has 4 aromatic carbocycles. The van der Waals surface area contributed by atoms with Crippen LogP contribution in [0.25, 0.3) is 0 Å². The van der Waals surface area contributed by atoms with Gasteiger partial charge in [0.15, 0.2) is 6.29 Å². The van der Waals surface area contributed by atoms with E-state index in [1.54, 1.807) is 6.08 Å². The quantitative estimate of drug-likeness (QED) is 0.0671. The maximum absolute atomic E-state index is 13.1. The largest absolute Gasteiger partial charge is 0.463 e. The molecule has 9 atom stereocenters. The van der Waals surface area contributed by atoms with Gasteiger partial charge >= 0.3 is 11.9 Å². The van der Waals surface area contributed by atoms with Crippen molar-refractivity contribution in [2.75, 3.05) is 19.8 Å². The van der Waals surface area contributed by atoms with E-state index in [2.05, 4.69) is 0 Å². The average molecular weight is 795 g/mol. The van der Waals surface area contributed by atoms with Crippen molar-refractivity contribution in [3.05, 3.63) is 156 Å². The van der Waals surface area contributed by atoms with Crippen LogP contribution in [-0.4, -0.2) is 80.8 Å². The normalized spacial score (nSPS) is 24.8. The predicted octanol–water partition coefficient (Wildman–Crippen LogP) is 7.16. The molecule has 308 valence electrons. The first-order valence-electron chi connectivity index (χ1n) is 19.9. The minimum absolute atomic E-state index is 0.000238. The number of carbonyl (C=O) groups excluding carboxylic acids is 2. The molecule has 1 fully saturated rings. The summed E-state index contributed by atoms with van der Waals surface area (Å²) in [4.78, 5) is 24.8. The number of rotatable bonds is 20. The molecule has 2 aliphatic rings. The summed E-state index contributed by atoms with van der Waals surface area (Å²) in [5, 5.41) is 0. The fourth-order valence-corrected chi connectivity index (χ4v) is 7.17. The van der Waals surface area contributed by atoms with Crippen molar-refractivity contribution < 1.29 is 52.2 Å². The van der Waals surface area contributed by atoms with Gasteiger partial charge in [-0.25, -0.2) is 0 Å². The van der Waals surface area contributed by atoms with Crippen LogP contribution in [0.5, 0.6) is 0 Å². The van der Waals surface area contributed by atoms with Crippen molar-refractivity contribution in [3.63, 3.8) is 0 Å². The molecule has 2 heterocycles. The Morgan fingerprint density at radius 1 is 0.569 bits per heavy atom. The smallest absolute Gasteiger partial charge is 0.303 e. The molecule has 0 unspecified atom stereocenters. The van der Waals surface area contributed by atoms with Gasteiger partial charge in [0.1, 0.15) is 49.3 Å². The summed E-state index contributed by atoms with van der Waals surface area (Å²) < 4.78 is 58.1. The van der Waals surface area contributed by atoms with Crippen LogP contribution in [-0.2, 0) is 78.6 Å². The van der Waals surface area contributed by atoms with Crippen molar-refractivity contribution in [2.45, 2.75) is 96.2 Å². The topological polar surface area (TPSA) is 117 Å². The van der Waals surface area contributed by atoms with Gasteiger partial charge in [-0.05, 0) is 29.2 Å². The van der Waals surface area contributed by atoms with Gasteiger partial charge in [-0.2, -0.15) is 0 Å². The highest BCUT2D eigenvalue weighted by Crippen LogP contribution is 2.38. The molecule has 6 rings (SSSR count). The molecule has 0 aromatic heterocycles. The second-order valence-corrected chi connectivity index (χ2v) is 14.3. The summed E-state index contributed by atoms with van der Waals surface area (Å²) in [6.45, 7) is 6.05. The third-order valence-corrected chi connectivity index (χ3v) is 9.88. The maximum atomic E-state index is 13.1. The number of esters is 2. The molecule has 11 heteroatoms. The van der Waals surface area contributed by atoms with E-state index in [9.17, 15) is 9.59 Å². The summed E-state index contributed by atoms with van der Waals surface area (Å²) in [6.07, 6.45) is -2.70. The summed E-state index contributed by atoms with van der Waals surface area (Å²) in [5.74, 6) is -1.61. The van der Waals surface area contributed by atoms with Crippen LogP contribution in [0.4, 0.5) is 0 Å². The van der Waals surface area contributed by atoms with Crippen LogP contribution >= 0.6 is 0 Å². The van der Waals surface area contributed by atoms with Gasteiger partial charge in [-0.15, -0.1) is 0 Å². The van der Waals surface area contributed by atoms with Gasteiger partial charge in [-0.3, -0.25) is 9.59 Å². The first-order valence-corrected chi connectivity index (χ1v) is 19.9. The maximum Gasteiger partial charge on any atom is 0.303 e. The van der Waals surface area contributed by atoms with Crippen molar-refractivity contribution in [1.29, 1.82) is 0 Å². The van der Waals surface area contributed by atoms with Gasteiger partial charge in [0.05, 0.1) is 39.0 Å². The molecule has 0 aliphatic carbocycles. The lowest BCUT2D eigenvalue weighted by atomic mass is 9.85. The fraction of sp³-hybridized carbons (Fsp3) is 0.404. The molecular formula is C47H54O11. The Balaban J connectivity index is 1.41. The van der Waals surface area contributed by atoms with E-state index >= 15 is 0 Å². The Labute approximate surface area is 341 Å². The lowest BCUT2D eigenvalue weighted by Gasteiger charge is -2.49. The second-order valence-electron chi connectivity index (χ2n) is 14.3. The van der Waals surface area contributed by atoms with Crippen molar-refractivity contribution in [2.24, 2.45) is 5.92 Å². The summed E-state index contributed by atoms with van der Waals surface area (Å²) in [7, 11) is 0. The van der Waals surface area contributed by atoms with Gasteiger partial charge in [0, 0.05) is 20.5 Å². The number of ether oxygens (including phenoxy) is 9. The van der Waals surface area contributed by atoms with Crippen LogP contribution in [0.3, 0.4) is 0 Å². The molecule has 58 heavy (non-hydrogen) atoms. The van der Waals surface area contributed by atoms with Crippen LogP contribution in [0.2, 0.25) is 0 Å². The minimum Gasteiger partial charge on any atom is -0.463 e. The third kappa shape index (κ3) is 12.6. The minimum atomic E-state index is -0.990. The predicted molar refractivity (Wildman–Crippen MR) is 215 cm³/mol. The van der Waals surface area contributed by atoms with E-state index in [-0.39, 0.29) is 33.0 Å². The lowest BCUT2D eigenvalue weighted by molar-refractivity contribution is -0.299. The molecule has 0 spiro atoms. The van der Waals surface area contributed by atoms with Crippen molar-refractivity contribution in [3.8, 4) is 0 Å². The number of hydrogen-bond acceptors (Lipinski definition) is 11. The van der Waals surface area contributed by atoms with Crippen LogP contribution in [0, 0.1) is 5.92 Å². The van der Waals surface area contributed by atoms with Gasteiger partial charge < -0.3 is 42.6 Å². The zero-order chi connectivity index (χ0) is 40.5. The summed E-state index contributed by atoms with van der Waals surface area (Å²) >= 11 is 0. The molecule has 2 aliphatic heterocycles. The molecule has 0 saturated carbocycles. The molecule has 11 nitrogen and oxygen atoms in total. The molecule has 1 saturated heterocycles. The molecule has 0 radical (unpaired) electrons. The van der Waals surface area contributed by atoms with Crippen LogP contribution in [0.15, 0.2) is 133 Å². The Morgan fingerprint density at radius 3 is 1.57 bits per heavy atom. The highest BCUT2D eigenvalue weighted by molar-refractivity contribution is 5.66. The molecular weight excluding hydrogens is 741 g/mol. The second kappa shape index (κ2) is 22.4. The van der Waals surface area contributed by atoms with Gasteiger partial charge in [0.2, 0.25) is 0 Å². The SMILES string of the molecule is CCO[C@H]1O[C@H](COC(C)=O)C=C[C@@H]1[C@@H](OC(C)=O)[C@@H]1O[C@H](COCc2ccccc2)[C@@H](OCc2ccccc2)[C@H](OCc2ccccc2)[C@H]1OCc1ccccc1. The van der Waals surface area contributed by atoms with E-state index in [1.165, 1.54) is 13.8 Å². The zero-order valence-electron chi connectivity index (χ0n) is 33.3. The first-order chi connectivity index (χ1) is 28.4. The zero-order valence-corrected chi connectivity index (χ0v) is 33.3. The van der Waals surface area contributed by atoms with E-state index in [0.29, 0.717) is 13.2 Å². The first kappa shape index (κ1) is 42.9. The van der Waals surface area contributed by atoms with Crippen molar-refractivity contribution in [1.82, 2.24) is 0 Å². The number of carbonyl (C=O) groups is 2. The summed E-state index contributed by atoms with van der Waals surface area (Å²) in [5.41, 5.74) is 3.87. The van der Waals surface area contributed by atoms with E-state index in [4.69, 9.17) is 42.6 Å². The third-order valence-electron chi connectivity index (χ3n) is 9.88. The Morgan fingerprint density at radius 2 is 1.07 bits per heavy atom. The van der Waals surface area contributed by atoms with Crippen LogP contribution in [0.1, 0.15) is 43.0 Å². The Bertz CT molecular complexity index is 1820. The van der Waals surface area contributed by atoms with Gasteiger partial charge in [-0.1, -0.05) is 133 Å². The fourth-order valence-electron chi connectivity index (χ4n) is 7.17. The van der Waals surface area contributed by atoms with E-state index < -0.39 is 66.9 Å². The highest BCUT2D eigenvalue weighted by atomic mass is 16.7. The molecule has 0 bridgehead atoms. The Kier molecular flexibility index (Phi) is 16.6. The van der Waals surface area contributed by atoms with E-state index in [0.717, 1.165) is 22.3 Å². The molecule has 0 amide bonds. The Hall–Kier alpha value is -4.72. The standard InChI is InChI=1S/C47H54O11/c1-4-51-47-40(26-25-39(57-47)31-52-33(2)48)42(56-34(3)49)46-45(55-30-38-23-15-8-16-24-38)44(54-29-37-21-13-7-14-22-37)43(53-28-36-19-11-6-12-20-36)41(58-46)32-50-27-35-17-9-5-10-18-35/h5-26,39-47H,4,27-32H2,1-3H3/t39-,40+,41+,42+,43+,44-,45+,46-,47-/m0/s1.